The van der Waals surface area contributed by atoms with Gasteiger partial charge in [-0.1, -0.05) is 0 Å². The van der Waals surface area contributed by atoms with E-state index in [1.54, 1.807) is 4.90 Å². The predicted octanol–water partition coefficient (Wildman–Crippen LogP) is 1.50. The summed E-state index contributed by atoms with van der Waals surface area (Å²) < 4.78 is 36.6. The van der Waals surface area contributed by atoms with Gasteiger partial charge in [-0.2, -0.15) is 0 Å². The highest BCUT2D eigenvalue weighted by atomic mass is 19.1. The second-order valence-electron chi connectivity index (χ2n) is 13.1. The molecule has 3 aliphatic heterocycles. The van der Waals surface area contributed by atoms with Crippen LogP contribution >= 0.6 is 0 Å². The molecule has 0 aromatic rings. The van der Waals surface area contributed by atoms with Gasteiger partial charge in [-0.25, -0.2) is 23.2 Å². The number of nitrogens with one attached hydrogen (secondary N) is 2. The lowest BCUT2D eigenvalue weighted by molar-refractivity contribution is -0.138. The average Bonchev–Trinajstić information content (AvgIpc) is 3.77. The summed E-state index contributed by atoms with van der Waals surface area (Å²) in [6, 6.07) is -1.18. The number of alkyl halides is 2. The molecule has 6 aliphatic rings. The minimum Gasteiger partial charge on any atom is -0.478 e. The van der Waals surface area contributed by atoms with Crippen molar-refractivity contribution in [2.24, 2.45) is 5.92 Å². The van der Waals surface area contributed by atoms with Crippen LogP contribution in [0.4, 0.5) is 18.4 Å². The SMILES string of the molecule is CCNC(=O)NC[C@H]1CN(C2CCC(N3CCN(C4CC5C(CC4F)C(=O)C(C(=O)O)=CN5C4CC4)CC3)C(F)C2)C(=O)O1. The lowest BCUT2D eigenvalue weighted by Crippen LogP contribution is -2.62. The summed E-state index contributed by atoms with van der Waals surface area (Å²) in [7, 11) is 0. The van der Waals surface area contributed by atoms with Crippen LogP contribution in [0.25, 0.3) is 0 Å². The van der Waals surface area contributed by atoms with E-state index < -0.39 is 42.2 Å². The number of ether oxygens (including phenoxy) is 1. The number of carboxylic acids is 1. The second-order valence-corrected chi connectivity index (χ2v) is 13.1. The monoisotopic (exact) mass is 622 g/mol. The van der Waals surface area contributed by atoms with Gasteiger partial charge in [0.15, 0.2) is 5.78 Å². The van der Waals surface area contributed by atoms with E-state index >= 15 is 8.78 Å². The van der Waals surface area contributed by atoms with Crippen LogP contribution in [0.2, 0.25) is 0 Å². The quantitative estimate of drug-likeness (QED) is 0.345. The van der Waals surface area contributed by atoms with E-state index in [4.69, 9.17) is 4.74 Å². The number of nitrogens with zero attached hydrogens (tertiary/aromatic N) is 4. The van der Waals surface area contributed by atoms with Gasteiger partial charge in [0.2, 0.25) is 0 Å². The largest absolute Gasteiger partial charge is 0.478 e. The molecule has 7 unspecified atom stereocenters. The van der Waals surface area contributed by atoms with E-state index in [2.05, 4.69) is 20.4 Å². The first-order valence-electron chi connectivity index (χ1n) is 16.2. The minimum atomic E-state index is -1.25. The van der Waals surface area contributed by atoms with Gasteiger partial charge in [0.1, 0.15) is 24.0 Å². The summed E-state index contributed by atoms with van der Waals surface area (Å²) in [5.41, 5.74) is -0.234. The molecule has 2 saturated heterocycles. The topological polar surface area (TPSA) is 135 Å². The molecule has 3 heterocycles. The number of Topliss-reactive ketones (excluding diaryl/α,β-unsaturated/α-hetero) is 1. The number of rotatable bonds is 8. The van der Waals surface area contributed by atoms with Crippen molar-refractivity contribution in [3.63, 3.8) is 0 Å². The Morgan fingerprint density at radius 3 is 2.20 bits per heavy atom. The van der Waals surface area contributed by atoms with E-state index in [9.17, 15) is 24.3 Å². The molecule has 0 spiro atoms. The molecule has 44 heavy (non-hydrogen) atoms. The van der Waals surface area contributed by atoms with Crippen molar-refractivity contribution < 1.29 is 37.8 Å². The zero-order valence-electron chi connectivity index (χ0n) is 25.2. The van der Waals surface area contributed by atoms with Crippen LogP contribution in [-0.4, -0.2) is 143 Å². The molecule has 244 valence electrons. The van der Waals surface area contributed by atoms with E-state index in [1.165, 1.54) is 6.20 Å². The first kappa shape index (κ1) is 31.0. The average molecular weight is 623 g/mol. The number of cyclic esters (lactones) is 1. The predicted molar refractivity (Wildman–Crippen MR) is 154 cm³/mol. The van der Waals surface area contributed by atoms with Crippen molar-refractivity contribution in [1.82, 2.24) is 30.2 Å². The van der Waals surface area contributed by atoms with Gasteiger partial charge >= 0.3 is 18.1 Å². The van der Waals surface area contributed by atoms with Crippen LogP contribution < -0.4 is 10.6 Å². The van der Waals surface area contributed by atoms with E-state index in [1.807, 2.05) is 11.8 Å². The Hall–Kier alpha value is -3.00. The number of piperazine rings is 1. The number of carboxylic acid groups (broad SMARTS) is 1. The fraction of sp³-hybridized carbons (Fsp3) is 0.800. The molecule has 3 N–H and O–H groups in total. The number of urea groups is 1. The number of hydrogen-bond acceptors (Lipinski definition) is 8. The number of ketones is 1. The van der Waals surface area contributed by atoms with Gasteiger partial charge in [0, 0.05) is 81.5 Å². The maximum absolute atomic E-state index is 15.6. The zero-order chi connectivity index (χ0) is 31.1. The zero-order valence-corrected chi connectivity index (χ0v) is 25.2. The minimum absolute atomic E-state index is 0.0284. The molecule has 3 saturated carbocycles. The maximum atomic E-state index is 15.6. The highest BCUT2D eigenvalue weighted by Crippen LogP contribution is 2.43. The Morgan fingerprint density at radius 1 is 0.909 bits per heavy atom. The van der Waals surface area contributed by atoms with Crippen molar-refractivity contribution in [2.45, 2.75) is 101 Å². The number of carbonyl (C=O) groups is 4. The third kappa shape index (κ3) is 6.24. The molecule has 0 aromatic heterocycles. The van der Waals surface area contributed by atoms with Gasteiger partial charge in [0.25, 0.3) is 0 Å². The molecule has 0 radical (unpaired) electrons. The third-order valence-corrected chi connectivity index (χ3v) is 10.5. The van der Waals surface area contributed by atoms with Gasteiger partial charge in [0.05, 0.1) is 13.1 Å². The second kappa shape index (κ2) is 12.8. The summed E-state index contributed by atoms with van der Waals surface area (Å²) >= 11 is 0. The van der Waals surface area contributed by atoms with Crippen molar-refractivity contribution >= 4 is 23.9 Å². The van der Waals surface area contributed by atoms with Crippen LogP contribution in [0, 0.1) is 5.92 Å². The lowest BCUT2D eigenvalue weighted by Gasteiger charge is -2.51. The summed E-state index contributed by atoms with van der Waals surface area (Å²) in [6.07, 6.45) is 2.11. The van der Waals surface area contributed by atoms with Gasteiger partial charge in [-0.05, 0) is 45.4 Å². The van der Waals surface area contributed by atoms with Gasteiger partial charge in [-0.3, -0.25) is 14.6 Å². The molecule has 3 aliphatic carbocycles. The summed E-state index contributed by atoms with van der Waals surface area (Å²) in [5, 5.41) is 14.9. The first-order chi connectivity index (χ1) is 21.1. The molecule has 0 aromatic carbocycles. The molecule has 8 atom stereocenters. The number of carbonyl (C=O) groups excluding carboxylic acids is 3. The molecule has 0 bridgehead atoms. The molecule has 5 fully saturated rings. The highest BCUT2D eigenvalue weighted by Gasteiger charge is 2.51. The number of hydrogen-bond donors (Lipinski definition) is 3. The lowest BCUT2D eigenvalue weighted by atomic mass is 9.73. The fourth-order valence-electron chi connectivity index (χ4n) is 8.07. The Bertz CT molecular complexity index is 1160. The maximum Gasteiger partial charge on any atom is 0.410 e. The standard InChI is InChI=1S/C30H44F2N6O6/c1-2-33-29(42)34-14-19-15-38(30(43)44-19)18-5-6-24(22(31)11-18)35-7-9-36(10-8-35)26-13-25-20(12-23(26)32)27(39)21(28(40)41)16-37(25)17-3-4-17/h16-20,22-26H,2-15H2,1H3,(H,40,41)(H2,33,34,42)/t18?,19-,20?,22?,23?,24?,25?,26?/m0/s1. The number of fused-ring (bicyclic) bond motifs is 1. The van der Waals surface area contributed by atoms with Crippen LogP contribution in [0.5, 0.6) is 0 Å². The van der Waals surface area contributed by atoms with Crippen molar-refractivity contribution in [2.75, 3.05) is 45.8 Å². The number of amides is 3. The smallest absolute Gasteiger partial charge is 0.410 e. The molecule has 6 rings (SSSR count). The van der Waals surface area contributed by atoms with Crippen molar-refractivity contribution in [3.8, 4) is 0 Å². The molecule has 3 amide bonds. The summed E-state index contributed by atoms with van der Waals surface area (Å²) in [5.74, 6) is -2.34. The summed E-state index contributed by atoms with van der Waals surface area (Å²) in [4.78, 5) is 56.7. The molecule has 12 nitrogen and oxygen atoms in total. The van der Waals surface area contributed by atoms with Crippen LogP contribution in [0.1, 0.15) is 51.9 Å². The Balaban J connectivity index is 1.00. The number of aliphatic carboxylic acids is 1. The Morgan fingerprint density at radius 2 is 1.57 bits per heavy atom. The van der Waals surface area contributed by atoms with E-state index in [-0.39, 0.29) is 61.2 Å². The number of halogens is 2. The molecular formula is C30H44F2N6O6. The normalized spacial score (nSPS) is 36.8. The van der Waals surface area contributed by atoms with Crippen LogP contribution in [-0.2, 0) is 14.3 Å². The van der Waals surface area contributed by atoms with Crippen LogP contribution in [0.3, 0.4) is 0 Å². The third-order valence-electron chi connectivity index (χ3n) is 10.5. The van der Waals surface area contributed by atoms with Crippen molar-refractivity contribution in [3.05, 3.63) is 11.8 Å². The highest BCUT2D eigenvalue weighted by molar-refractivity contribution is 6.18. The molecule has 14 heteroatoms. The fourth-order valence-corrected chi connectivity index (χ4v) is 8.07. The van der Waals surface area contributed by atoms with Gasteiger partial charge in [-0.15, -0.1) is 0 Å². The molecular weight excluding hydrogens is 578 g/mol. The van der Waals surface area contributed by atoms with Crippen LogP contribution in [0.15, 0.2) is 11.8 Å². The Kier molecular flexibility index (Phi) is 9.00. The Labute approximate surface area is 256 Å². The summed E-state index contributed by atoms with van der Waals surface area (Å²) in [6.45, 7) is 5.24. The first-order valence-corrected chi connectivity index (χ1v) is 16.2. The van der Waals surface area contributed by atoms with Gasteiger partial charge < -0.3 is 30.3 Å². The van der Waals surface area contributed by atoms with E-state index in [0.717, 1.165) is 12.8 Å². The van der Waals surface area contributed by atoms with E-state index in [0.29, 0.717) is 58.5 Å². The van der Waals surface area contributed by atoms with Crippen molar-refractivity contribution in [1.29, 1.82) is 0 Å².